The van der Waals surface area contributed by atoms with E-state index in [2.05, 4.69) is 33.8 Å². The van der Waals surface area contributed by atoms with Gasteiger partial charge in [-0.3, -0.25) is 4.79 Å². The van der Waals surface area contributed by atoms with E-state index < -0.39 is 5.97 Å². The predicted molar refractivity (Wildman–Crippen MR) is 131 cm³/mol. The normalized spacial score (nSPS) is 12.4. The van der Waals surface area contributed by atoms with Gasteiger partial charge in [-0.2, -0.15) is 0 Å². The average Bonchev–Trinajstić information content (AvgIpc) is 2.77. The van der Waals surface area contributed by atoms with Crippen molar-refractivity contribution in [3.05, 3.63) is 89.2 Å². The summed E-state index contributed by atoms with van der Waals surface area (Å²) in [4.78, 5) is 11.3. The van der Waals surface area contributed by atoms with Crippen molar-refractivity contribution < 1.29 is 19.0 Å². The predicted octanol–water partition coefficient (Wildman–Crippen LogP) is 7.73. The summed E-state index contributed by atoms with van der Waals surface area (Å²) in [7, 11) is 0. The minimum absolute atomic E-state index is 0.0244. The van der Waals surface area contributed by atoms with Crippen LogP contribution in [-0.4, -0.2) is 11.1 Å². The maximum Gasteiger partial charge on any atom is 0.303 e. The summed E-state index contributed by atoms with van der Waals surface area (Å²) in [6, 6.07) is 20.6. The highest BCUT2D eigenvalue weighted by Gasteiger charge is 2.21. The van der Waals surface area contributed by atoms with Gasteiger partial charge in [0.15, 0.2) is 0 Å². The lowest BCUT2D eigenvalue weighted by Gasteiger charge is -2.24. The standard InChI is InChI=1S/C29H33FO3/c1-5-9-21(18-28(31)32)22-10-8-11-23(17-22)33-19-20-14-15-24(26(16-20)29(2,3)4)25-12-6-7-13-27(25)30/h6-8,10-17,21H,5,9,18-19H2,1-4H3,(H,31,32)/t21-/m0/s1. The SMILES string of the molecule is CCC[C@@H](CC(=O)O)c1cccc(OCc2ccc(-c3ccccc3F)c(C(C)(C)C)c2)c1. The zero-order chi connectivity index (χ0) is 24.0. The quantitative estimate of drug-likeness (QED) is 0.364. The molecule has 0 radical (unpaired) electrons. The van der Waals surface area contributed by atoms with Crippen LogP contribution in [0.3, 0.4) is 0 Å². The topological polar surface area (TPSA) is 46.5 Å². The molecule has 0 saturated carbocycles. The number of hydrogen-bond acceptors (Lipinski definition) is 2. The Balaban J connectivity index is 1.84. The molecule has 3 aromatic rings. The van der Waals surface area contributed by atoms with Gasteiger partial charge in [0.1, 0.15) is 18.2 Å². The van der Waals surface area contributed by atoms with Gasteiger partial charge < -0.3 is 9.84 Å². The fourth-order valence-electron chi connectivity index (χ4n) is 4.19. The summed E-state index contributed by atoms with van der Waals surface area (Å²) in [6.45, 7) is 8.81. The first-order valence-corrected chi connectivity index (χ1v) is 11.5. The van der Waals surface area contributed by atoms with Crippen LogP contribution in [0.1, 0.15) is 69.6 Å². The molecule has 0 aromatic heterocycles. The first kappa shape index (κ1) is 24.5. The van der Waals surface area contributed by atoms with Crippen molar-refractivity contribution in [1.29, 1.82) is 0 Å². The fraction of sp³-hybridized carbons (Fsp3) is 0.345. The van der Waals surface area contributed by atoms with Crippen LogP contribution in [0.2, 0.25) is 0 Å². The summed E-state index contributed by atoms with van der Waals surface area (Å²) < 4.78 is 20.6. The Kier molecular flexibility index (Phi) is 7.91. The van der Waals surface area contributed by atoms with E-state index in [0.717, 1.165) is 40.8 Å². The first-order chi connectivity index (χ1) is 15.7. The lowest BCUT2D eigenvalue weighted by Crippen LogP contribution is -2.14. The van der Waals surface area contributed by atoms with Crippen LogP contribution in [0.15, 0.2) is 66.7 Å². The van der Waals surface area contributed by atoms with Gasteiger partial charge in [-0.15, -0.1) is 0 Å². The second-order valence-corrected chi connectivity index (χ2v) is 9.55. The van der Waals surface area contributed by atoms with E-state index >= 15 is 0 Å². The number of carbonyl (C=O) groups is 1. The Morgan fingerprint density at radius 1 is 1.00 bits per heavy atom. The van der Waals surface area contributed by atoms with Gasteiger partial charge in [-0.25, -0.2) is 4.39 Å². The van der Waals surface area contributed by atoms with E-state index in [0.29, 0.717) is 12.2 Å². The third-order valence-electron chi connectivity index (χ3n) is 5.85. The van der Waals surface area contributed by atoms with Crippen LogP contribution in [0, 0.1) is 5.82 Å². The van der Waals surface area contributed by atoms with Gasteiger partial charge in [0.25, 0.3) is 0 Å². The molecule has 0 amide bonds. The van der Waals surface area contributed by atoms with Gasteiger partial charge in [0, 0.05) is 5.56 Å². The maximum atomic E-state index is 14.5. The number of carboxylic acid groups (broad SMARTS) is 1. The van der Waals surface area contributed by atoms with E-state index in [1.165, 1.54) is 6.07 Å². The molecule has 1 N–H and O–H groups in total. The van der Waals surface area contributed by atoms with Crippen molar-refractivity contribution in [2.75, 3.05) is 0 Å². The van der Waals surface area contributed by atoms with Crippen molar-refractivity contribution >= 4 is 5.97 Å². The zero-order valence-electron chi connectivity index (χ0n) is 19.9. The van der Waals surface area contributed by atoms with Gasteiger partial charge in [-0.1, -0.05) is 82.6 Å². The van der Waals surface area contributed by atoms with Crippen molar-refractivity contribution in [3.8, 4) is 16.9 Å². The number of rotatable bonds is 9. The average molecular weight is 449 g/mol. The third kappa shape index (κ3) is 6.44. The summed E-state index contributed by atoms with van der Waals surface area (Å²) in [5, 5.41) is 9.25. The van der Waals surface area contributed by atoms with Gasteiger partial charge >= 0.3 is 5.97 Å². The number of benzene rings is 3. The zero-order valence-corrected chi connectivity index (χ0v) is 19.9. The Bertz CT molecular complexity index is 1100. The minimum Gasteiger partial charge on any atom is -0.489 e. The molecule has 0 fully saturated rings. The maximum absolute atomic E-state index is 14.5. The molecule has 0 aliphatic heterocycles. The molecule has 0 aliphatic rings. The highest BCUT2D eigenvalue weighted by atomic mass is 19.1. The van der Waals surface area contributed by atoms with Crippen molar-refractivity contribution in [2.24, 2.45) is 0 Å². The number of hydrogen-bond donors (Lipinski definition) is 1. The Hall–Kier alpha value is -3.14. The molecule has 0 heterocycles. The molecule has 174 valence electrons. The second-order valence-electron chi connectivity index (χ2n) is 9.55. The molecule has 3 nitrogen and oxygen atoms in total. The van der Waals surface area contributed by atoms with Crippen LogP contribution < -0.4 is 4.74 Å². The third-order valence-corrected chi connectivity index (χ3v) is 5.85. The summed E-state index contributed by atoms with van der Waals surface area (Å²) in [5.74, 6) is -0.325. The molecule has 0 spiro atoms. The van der Waals surface area contributed by atoms with Crippen molar-refractivity contribution in [3.63, 3.8) is 0 Å². The highest BCUT2D eigenvalue weighted by molar-refractivity contribution is 5.70. The number of aliphatic carboxylic acids is 1. The minimum atomic E-state index is -0.788. The summed E-state index contributed by atoms with van der Waals surface area (Å²) in [6.07, 6.45) is 1.86. The monoisotopic (exact) mass is 448 g/mol. The molecule has 1 atom stereocenters. The van der Waals surface area contributed by atoms with Crippen LogP contribution in [0.25, 0.3) is 11.1 Å². The van der Waals surface area contributed by atoms with Crippen molar-refractivity contribution in [2.45, 2.75) is 64.9 Å². The number of halogens is 1. The van der Waals surface area contributed by atoms with Gasteiger partial charge in [-0.05, 0) is 58.2 Å². The van der Waals surface area contributed by atoms with E-state index in [-0.39, 0.29) is 23.6 Å². The van der Waals surface area contributed by atoms with Crippen LogP contribution in [0.4, 0.5) is 4.39 Å². The van der Waals surface area contributed by atoms with Crippen LogP contribution in [-0.2, 0) is 16.8 Å². The Morgan fingerprint density at radius 3 is 2.42 bits per heavy atom. The molecule has 33 heavy (non-hydrogen) atoms. The summed E-state index contributed by atoms with van der Waals surface area (Å²) in [5.41, 5.74) is 4.37. The largest absolute Gasteiger partial charge is 0.489 e. The van der Waals surface area contributed by atoms with Crippen molar-refractivity contribution in [1.82, 2.24) is 0 Å². The molecular weight excluding hydrogens is 415 g/mol. The number of ether oxygens (including phenoxy) is 1. The van der Waals surface area contributed by atoms with E-state index in [9.17, 15) is 14.3 Å². The molecule has 4 heteroatoms. The summed E-state index contributed by atoms with van der Waals surface area (Å²) >= 11 is 0. The fourth-order valence-corrected chi connectivity index (χ4v) is 4.19. The van der Waals surface area contributed by atoms with Gasteiger partial charge in [0.05, 0.1) is 6.42 Å². The Labute approximate surface area is 196 Å². The lowest BCUT2D eigenvalue weighted by atomic mass is 9.81. The van der Waals surface area contributed by atoms with Gasteiger partial charge in [0.2, 0.25) is 0 Å². The molecular formula is C29H33FO3. The molecule has 0 saturated heterocycles. The molecule has 0 unspecified atom stereocenters. The highest BCUT2D eigenvalue weighted by Crippen LogP contribution is 2.35. The van der Waals surface area contributed by atoms with E-state index in [1.54, 1.807) is 6.07 Å². The van der Waals surface area contributed by atoms with Crippen LogP contribution >= 0.6 is 0 Å². The van der Waals surface area contributed by atoms with E-state index in [4.69, 9.17) is 4.74 Å². The smallest absolute Gasteiger partial charge is 0.303 e. The number of carboxylic acids is 1. The molecule has 3 aromatic carbocycles. The molecule has 3 rings (SSSR count). The lowest BCUT2D eigenvalue weighted by molar-refractivity contribution is -0.137. The van der Waals surface area contributed by atoms with E-state index in [1.807, 2.05) is 48.5 Å². The van der Waals surface area contributed by atoms with Crippen LogP contribution in [0.5, 0.6) is 5.75 Å². The Morgan fingerprint density at radius 2 is 1.76 bits per heavy atom. The first-order valence-electron chi connectivity index (χ1n) is 11.5. The molecule has 0 aliphatic carbocycles. The second kappa shape index (κ2) is 10.7. The molecule has 0 bridgehead atoms.